The van der Waals surface area contributed by atoms with E-state index in [9.17, 15) is 0 Å². The Kier molecular flexibility index (Phi) is 5.01. The summed E-state index contributed by atoms with van der Waals surface area (Å²) in [5.74, 6) is 1.01. The van der Waals surface area contributed by atoms with Gasteiger partial charge in [0.1, 0.15) is 5.75 Å². The van der Waals surface area contributed by atoms with E-state index in [-0.39, 0.29) is 5.54 Å². The number of rotatable bonds is 5. The molecule has 1 N–H and O–H groups in total. The van der Waals surface area contributed by atoms with Gasteiger partial charge in [-0.1, -0.05) is 24.6 Å². The molecule has 0 saturated carbocycles. The zero-order valence-electron chi connectivity index (χ0n) is 11.8. The van der Waals surface area contributed by atoms with Gasteiger partial charge in [0.05, 0.1) is 6.61 Å². The van der Waals surface area contributed by atoms with Gasteiger partial charge in [0, 0.05) is 17.6 Å². The van der Waals surface area contributed by atoms with Crippen molar-refractivity contribution in [3.8, 4) is 5.75 Å². The molecule has 0 saturated heterocycles. The molecule has 0 unspecified atom stereocenters. The molecule has 0 aromatic heterocycles. The predicted octanol–water partition coefficient (Wildman–Crippen LogP) is 3.67. The number of hydrogen-bond acceptors (Lipinski definition) is 2. The van der Waals surface area contributed by atoms with Crippen molar-refractivity contribution in [1.82, 2.24) is 5.32 Å². The molecule has 1 aromatic carbocycles. The van der Waals surface area contributed by atoms with Gasteiger partial charge < -0.3 is 10.1 Å². The van der Waals surface area contributed by atoms with Crippen LogP contribution >= 0.6 is 0 Å². The summed E-state index contributed by atoms with van der Waals surface area (Å²) in [4.78, 5) is 0. The van der Waals surface area contributed by atoms with Crippen LogP contribution < -0.4 is 10.1 Å². The molecule has 17 heavy (non-hydrogen) atoms. The Morgan fingerprint density at radius 1 is 1.24 bits per heavy atom. The van der Waals surface area contributed by atoms with Crippen LogP contribution in [0.25, 0.3) is 0 Å². The van der Waals surface area contributed by atoms with Crippen LogP contribution in [0.5, 0.6) is 5.75 Å². The molecule has 0 spiro atoms. The summed E-state index contributed by atoms with van der Waals surface area (Å²) in [5.41, 5.74) is 2.65. The van der Waals surface area contributed by atoms with Gasteiger partial charge in [-0.15, -0.1) is 0 Å². The Balaban J connectivity index is 2.76. The van der Waals surface area contributed by atoms with Crippen molar-refractivity contribution in [2.45, 2.75) is 53.1 Å². The lowest BCUT2D eigenvalue weighted by Crippen LogP contribution is -2.35. The minimum absolute atomic E-state index is 0.131. The molecule has 96 valence electrons. The number of ether oxygens (including phenoxy) is 1. The topological polar surface area (TPSA) is 21.3 Å². The molecule has 1 rings (SSSR count). The summed E-state index contributed by atoms with van der Waals surface area (Å²) in [6.45, 7) is 12.4. The smallest absolute Gasteiger partial charge is 0.123 e. The predicted molar refractivity (Wildman–Crippen MR) is 73.6 cm³/mol. The third-order valence-electron chi connectivity index (χ3n) is 2.49. The second kappa shape index (κ2) is 6.06. The van der Waals surface area contributed by atoms with Gasteiger partial charge in [-0.3, -0.25) is 0 Å². The molecule has 0 amide bonds. The maximum absolute atomic E-state index is 5.77. The van der Waals surface area contributed by atoms with Gasteiger partial charge in [-0.05, 0) is 40.2 Å². The highest BCUT2D eigenvalue weighted by atomic mass is 16.5. The van der Waals surface area contributed by atoms with Crippen molar-refractivity contribution < 1.29 is 4.74 Å². The highest BCUT2D eigenvalue weighted by molar-refractivity contribution is 5.36. The molecular weight excluding hydrogens is 210 g/mol. The fraction of sp³-hybridized carbons (Fsp3) is 0.600. The lowest BCUT2D eigenvalue weighted by atomic mass is 10.1. The lowest BCUT2D eigenvalue weighted by molar-refractivity contribution is 0.311. The van der Waals surface area contributed by atoms with Crippen LogP contribution in [0.2, 0.25) is 0 Å². The number of benzene rings is 1. The van der Waals surface area contributed by atoms with Gasteiger partial charge in [0.15, 0.2) is 0 Å². The Labute approximate surface area is 105 Å². The van der Waals surface area contributed by atoms with E-state index in [0.717, 1.165) is 25.3 Å². The Morgan fingerprint density at radius 2 is 1.94 bits per heavy atom. The first kappa shape index (κ1) is 14.0. The van der Waals surface area contributed by atoms with Crippen molar-refractivity contribution in [3.05, 3.63) is 29.3 Å². The third-order valence-corrected chi connectivity index (χ3v) is 2.49. The molecule has 0 radical (unpaired) electrons. The Hall–Kier alpha value is -1.02. The molecule has 0 aliphatic heterocycles. The zero-order valence-corrected chi connectivity index (χ0v) is 11.8. The van der Waals surface area contributed by atoms with Gasteiger partial charge in [0.2, 0.25) is 0 Å². The van der Waals surface area contributed by atoms with E-state index in [2.05, 4.69) is 58.1 Å². The second-order valence-corrected chi connectivity index (χ2v) is 5.56. The van der Waals surface area contributed by atoms with E-state index in [1.165, 1.54) is 11.1 Å². The molecule has 0 aliphatic carbocycles. The normalized spacial score (nSPS) is 11.6. The molecule has 0 aliphatic rings. The SMILES string of the molecule is CCCOc1ccc(C)cc1CNC(C)(C)C. The van der Waals surface area contributed by atoms with Crippen LogP contribution in [0.15, 0.2) is 18.2 Å². The van der Waals surface area contributed by atoms with Crippen LogP contribution in [0.3, 0.4) is 0 Å². The van der Waals surface area contributed by atoms with E-state index in [4.69, 9.17) is 4.74 Å². The van der Waals surface area contributed by atoms with Gasteiger partial charge >= 0.3 is 0 Å². The second-order valence-electron chi connectivity index (χ2n) is 5.56. The largest absolute Gasteiger partial charge is 0.493 e. The molecule has 0 fully saturated rings. The van der Waals surface area contributed by atoms with Crippen LogP contribution in [0, 0.1) is 6.92 Å². The quantitative estimate of drug-likeness (QED) is 0.840. The molecule has 0 heterocycles. The summed E-state index contributed by atoms with van der Waals surface area (Å²) in [5, 5.41) is 3.50. The zero-order chi connectivity index (χ0) is 12.9. The molecule has 2 heteroatoms. The van der Waals surface area contributed by atoms with Gasteiger partial charge in [-0.25, -0.2) is 0 Å². The Bertz CT molecular complexity index is 352. The maximum Gasteiger partial charge on any atom is 0.123 e. The highest BCUT2D eigenvalue weighted by Gasteiger charge is 2.11. The number of hydrogen-bond donors (Lipinski definition) is 1. The van der Waals surface area contributed by atoms with Gasteiger partial charge in [-0.2, -0.15) is 0 Å². The third kappa shape index (κ3) is 5.22. The molecule has 2 nitrogen and oxygen atoms in total. The molecule has 1 aromatic rings. The van der Waals surface area contributed by atoms with Crippen molar-refractivity contribution in [2.75, 3.05) is 6.61 Å². The maximum atomic E-state index is 5.77. The average molecular weight is 235 g/mol. The Morgan fingerprint density at radius 3 is 2.53 bits per heavy atom. The standard InChI is InChI=1S/C15H25NO/c1-6-9-17-14-8-7-12(2)10-13(14)11-16-15(3,4)5/h7-8,10,16H,6,9,11H2,1-5H3. The minimum atomic E-state index is 0.131. The van der Waals surface area contributed by atoms with Crippen molar-refractivity contribution >= 4 is 0 Å². The van der Waals surface area contributed by atoms with Crippen molar-refractivity contribution in [1.29, 1.82) is 0 Å². The van der Waals surface area contributed by atoms with Crippen LogP contribution in [0.4, 0.5) is 0 Å². The highest BCUT2D eigenvalue weighted by Crippen LogP contribution is 2.21. The van der Waals surface area contributed by atoms with E-state index in [1.54, 1.807) is 0 Å². The summed E-state index contributed by atoms with van der Waals surface area (Å²) in [7, 11) is 0. The summed E-state index contributed by atoms with van der Waals surface area (Å²) in [6, 6.07) is 6.37. The molecule has 0 bridgehead atoms. The summed E-state index contributed by atoms with van der Waals surface area (Å²) in [6.07, 6.45) is 1.04. The first-order chi connectivity index (χ1) is 7.92. The van der Waals surface area contributed by atoms with E-state index >= 15 is 0 Å². The van der Waals surface area contributed by atoms with Gasteiger partial charge in [0.25, 0.3) is 0 Å². The van der Waals surface area contributed by atoms with Crippen LogP contribution in [0.1, 0.15) is 45.2 Å². The number of nitrogens with one attached hydrogen (secondary N) is 1. The molecule has 0 atom stereocenters. The van der Waals surface area contributed by atoms with E-state index < -0.39 is 0 Å². The monoisotopic (exact) mass is 235 g/mol. The molecular formula is C15H25NO. The summed E-state index contributed by atoms with van der Waals surface area (Å²) >= 11 is 0. The first-order valence-electron chi connectivity index (χ1n) is 6.40. The first-order valence-corrected chi connectivity index (χ1v) is 6.40. The average Bonchev–Trinajstić information content (AvgIpc) is 2.24. The van der Waals surface area contributed by atoms with Crippen molar-refractivity contribution in [3.63, 3.8) is 0 Å². The van der Waals surface area contributed by atoms with E-state index in [1.807, 2.05) is 0 Å². The van der Waals surface area contributed by atoms with Crippen LogP contribution in [-0.2, 0) is 6.54 Å². The van der Waals surface area contributed by atoms with Crippen LogP contribution in [-0.4, -0.2) is 12.1 Å². The minimum Gasteiger partial charge on any atom is -0.493 e. The fourth-order valence-electron chi connectivity index (χ4n) is 1.56. The van der Waals surface area contributed by atoms with Crippen molar-refractivity contribution in [2.24, 2.45) is 0 Å². The fourth-order valence-corrected chi connectivity index (χ4v) is 1.56. The lowest BCUT2D eigenvalue weighted by Gasteiger charge is -2.22. The number of aryl methyl sites for hydroxylation is 1. The van der Waals surface area contributed by atoms with E-state index in [0.29, 0.717) is 0 Å². The summed E-state index contributed by atoms with van der Waals surface area (Å²) < 4.78 is 5.77.